The lowest BCUT2D eigenvalue weighted by Gasteiger charge is -2.10. The van der Waals surface area contributed by atoms with Gasteiger partial charge in [0.2, 0.25) is 5.91 Å². The van der Waals surface area contributed by atoms with Crippen LogP contribution in [0, 0.1) is 0 Å². The summed E-state index contributed by atoms with van der Waals surface area (Å²) in [6.07, 6.45) is 1.70. The minimum absolute atomic E-state index is 0.162. The van der Waals surface area contributed by atoms with Gasteiger partial charge in [-0.2, -0.15) is 0 Å². The number of hydrogen-bond acceptors (Lipinski definition) is 7. The van der Waals surface area contributed by atoms with Crippen molar-refractivity contribution in [3.63, 3.8) is 0 Å². The van der Waals surface area contributed by atoms with Gasteiger partial charge < -0.3 is 19.0 Å². The maximum Gasteiger partial charge on any atom is 0.234 e. The molecule has 1 amide bonds. The number of nitrogens with zero attached hydrogens (tertiary/aromatic N) is 4. The van der Waals surface area contributed by atoms with Gasteiger partial charge in [0.1, 0.15) is 22.6 Å². The first-order chi connectivity index (χ1) is 15.6. The van der Waals surface area contributed by atoms with Crippen molar-refractivity contribution in [2.24, 2.45) is 7.05 Å². The van der Waals surface area contributed by atoms with Gasteiger partial charge in [-0.1, -0.05) is 36.0 Å². The molecular weight excluding hydrogens is 426 g/mol. The smallest absolute Gasteiger partial charge is 0.234 e. The van der Waals surface area contributed by atoms with Crippen LogP contribution in [0.25, 0.3) is 33.5 Å². The molecule has 3 heterocycles. The molecule has 3 aromatic heterocycles. The fourth-order valence-corrected chi connectivity index (χ4v) is 4.20. The van der Waals surface area contributed by atoms with Crippen LogP contribution in [-0.2, 0) is 11.8 Å². The first-order valence-electron chi connectivity index (χ1n) is 9.87. The molecule has 1 N–H and O–H groups in total. The number of anilines is 1. The van der Waals surface area contributed by atoms with Gasteiger partial charge in [-0.3, -0.25) is 9.78 Å². The molecule has 160 valence electrons. The molecule has 0 radical (unpaired) electrons. The number of fused-ring (bicyclic) bond motifs is 3. The summed E-state index contributed by atoms with van der Waals surface area (Å²) in [7, 11) is 3.43. The predicted octanol–water partition coefficient (Wildman–Crippen LogP) is 4.52. The van der Waals surface area contributed by atoms with Crippen molar-refractivity contribution in [1.82, 2.24) is 19.7 Å². The van der Waals surface area contributed by atoms with E-state index in [1.165, 1.54) is 11.8 Å². The van der Waals surface area contributed by atoms with E-state index in [9.17, 15) is 4.79 Å². The van der Waals surface area contributed by atoms with Crippen LogP contribution in [-0.4, -0.2) is 38.5 Å². The van der Waals surface area contributed by atoms with Crippen molar-refractivity contribution < 1.29 is 13.9 Å². The second-order valence-electron chi connectivity index (χ2n) is 7.06. The number of amides is 1. The molecule has 5 rings (SSSR count). The highest BCUT2D eigenvalue weighted by molar-refractivity contribution is 7.99. The largest absolute Gasteiger partial charge is 0.495 e. The lowest BCUT2D eigenvalue weighted by atomic mass is 10.1. The van der Waals surface area contributed by atoms with Crippen molar-refractivity contribution in [2.75, 3.05) is 18.2 Å². The van der Waals surface area contributed by atoms with E-state index in [0.29, 0.717) is 28.0 Å². The van der Waals surface area contributed by atoms with E-state index in [1.54, 1.807) is 19.4 Å². The standard InChI is InChI=1S/C23H19N5O3S/c1-28-22(16-8-5-6-10-24-16)26-27-23(28)32-13-21(29)25-17-12-19-15(11-20(17)30-2)14-7-3-4-9-18(14)31-19/h3-12H,13H2,1-2H3,(H,25,29). The van der Waals surface area contributed by atoms with Crippen molar-refractivity contribution in [3.8, 4) is 17.3 Å². The molecule has 0 saturated carbocycles. The molecule has 8 nitrogen and oxygen atoms in total. The van der Waals surface area contributed by atoms with E-state index in [1.807, 2.05) is 60.1 Å². The van der Waals surface area contributed by atoms with E-state index in [2.05, 4.69) is 20.5 Å². The number of para-hydroxylation sites is 1. The number of rotatable bonds is 6. The molecule has 9 heteroatoms. The maximum absolute atomic E-state index is 12.7. The van der Waals surface area contributed by atoms with E-state index in [-0.39, 0.29) is 11.7 Å². The van der Waals surface area contributed by atoms with E-state index >= 15 is 0 Å². The molecule has 0 aliphatic heterocycles. The highest BCUT2D eigenvalue weighted by Crippen LogP contribution is 2.36. The fraction of sp³-hybridized carbons (Fsp3) is 0.130. The van der Waals surface area contributed by atoms with Crippen LogP contribution in [0.3, 0.4) is 0 Å². The van der Waals surface area contributed by atoms with E-state index in [4.69, 9.17) is 9.15 Å². The van der Waals surface area contributed by atoms with Crippen LogP contribution in [0.2, 0.25) is 0 Å². The number of furan rings is 1. The topological polar surface area (TPSA) is 95.1 Å². The van der Waals surface area contributed by atoms with Gasteiger partial charge >= 0.3 is 0 Å². The van der Waals surface area contributed by atoms with Gasteiger partial charge in [-0.05, 0) is 24.3 Å². The first-order valence-corrected chi connectivity index (χ1v) is 10.9. The van der Waals surface area contributed by atoms with Gasteiger partial charge in [0.15, 0.2) is 11.0 Å². The van der Waals surface area contributed by atoms with Gasteiger partial charge in [0, 0.05) is 30.1 Å². The molecule has 0 spiro atoms. The zero-order valence-electron chi connectivity index (χ0n) is 17.4. The summed E-state index contributed by atoms with van der Waals surface area (Å²) in [4.78, 5) is 17.0. The molecule has 0 saturated heterocycles. The van der Waals surface area contributed by atoms with Crippen LogP contribution < -0.4 is 10.1 Å². The summed E-state index contributed by atoms with van der Waals surface area (Å²) in [5, 5.41) is 13.9. The summed E-state index contributed by atoms with van der Waals surface area (Å²) in [5.41, 5.74) is 2.75. The molecule has 0 unspecified atom stereocenters. The number of ether oxygens (including phenoxy) is 1. The lowest BCUT2D eigenvalue weighted by Crippen LogP contribution is -2.15. The summed E-state index contributed by atoms with van der Waals surface area (Å²) >= 11 is 1.30. The quantitative estimate of drug-likeness (QED) is 0.384. The van der Waals surface area contributed by atoms with Gasteiger partial charge in [-0.25, -0.2) is 0 Å². The summed E-state index contributed by atoms with van der Waals surface area (Å²) in [6.45, 7) is 0. The third kappa shape index (κ3) is 3.67. The molecular formula is C23H19N5O3S. The molecule has 0 atom stereocenters. The van der Waals surface area contributed by atoms with Crippen LogP contribution in [0.5, 0.6) is 5.75 Å². The van der Waals surface area contributed by atoms with E-state index in [0.717, 1.165) is 22.0 Å². The third-order valence-corrected chi connectivity index (χ3v) is 6.05. The van der Waals surface area contributed by atoms with Crippen LogP contribution in [0.4, 0.5) is 5.69 Å². The minimum atomic E-state index is -0.189. The normalized spacial score (nSPS) is 11.2. The number of carbonyl (C=O) groups excluding carboxylic acids is 1. The van der Waals surface area contributed by atoms with Crippen molar-refractivity contribution >= 4 is 45.3 Å². The second-order valence-corrected chi connectivity index (χ2v) is 8.01. The van der Waals surface area contributed by atoms with Crippen LogP contribution in [0.1, 0.15) is 0 Å². The number of carbonyl (C=O) groups is 1. The summed E-state index contributed by atoms with van der Waals surface area (Å²) < 4.78 is 13.3. The highest BCUT2D eigenvalue weighted by atomic mass is 32.2. The Morgan fingerprint density at radius 3 is 2.75 bits per heavy atom. The monoisotopic (exact) mass is 445 g/mol. The maximum atomic E-state index is 12.7. The number of methoxy groups -OCH3 is 1. The van der Waals surface area contributed by atoms with Gasteiger partial charge in [0.25, 0.3) is 0 Å². The summed E-state index contributed by atoms with van der Waals surface area (Å²) in [6, 6.07) is 17.1. The van der Waals surface area contributed by atoms with Crippen molar-refractivity contribution in [2.45, 2.75) is 5.16 Å². The summed E-state index contributed by atoms with van der Waals surface area (Å²) in [5.74, 6) is 1.19. The minimum Gasteiger partial charge on any atom is -0.495 e. The molecule has 0 fully saturated rings. The molecule has 5 aromatic rings. The average Bonchev–Trinajstić information content (AvgIpc) is 3.37. The Morgan fingerprint density at radius 1 is 1.09 bits per heavy atom. The molecule has 0 aliphatic carbocycles. The number of aromatic nitrogens is 4. The van der Waals surface area contributed by atoms with Gasteiger partial charge in [-0.15, -0.1) is 10.2 Å². The van der Waals surface area contributed by atoms with Crippen molar-refractivity contribution in [3.05, 3.63) is 60.8 Å². The Labute approximate surface area is 187 Å². The molecule has 2 aromatic carbocycles. The number of pyridine rings is 1. The third-order valence-electron chi connectivity index (χ3n) is 5.03. The van der Waals surface area contributed by atoms with Gasteiger partial charge in [0.05, 0.1) is 18.6 Å². The Hall–Kier alpha value is -3.85. The zero-order chi connectivity index (χ0) is 22.1. The first kappa shape index (κ1) is 20.1. The number of hydrogen-bond donors (Lipinski definition) is 1. The lowest BCUT2D eigenvalue weighted by molar-refractivity contribution is -0.113. The van der Waals surface area contributed by atoms with E-state index < -0.39 is 0 Å². The van der Waals surface area contributed by atoms with Crippen LogP contribution in [0.15, 0.2) is 70.4 Å². The Balaban J connectivity index is 1.33. The molecule has 0 aliphatic rings. The molecule has 0 bridgehead atoms. The highest BCUT2D eigenvalue weighted by Gasteiger charge is 2.16. The SMILES string of the molecule is COc1cc2c(cc1NC(=O)CSc1nnc(-c3ccccn3)n1C)oc1ccccc12. The number of nitrogens with one attached hydrogen (secondary N) is 1. The zero-order valence-corrected chi connectivity index (χ0v) is 18.2. The number of benzene rings is 2. The second kappa shape index (κ2) is 8.35. The Morgan fingerprint density at radius 2 is 1.94 bits per heavy atom. The Kier molecular flexibility index (Phi) is 5.24. The van der Waals surface area contributed by atoms with Crippen LogP contribution >= 0.6 is 11.8 Å². The average molecular weight is 446 g/mol. The number of thioether (sulfide) groups is 1. The predicted molar refractivity (Wildman–Crippen MR) is 124 cm³/mol. The Bertz CT molecular complexity index is 1430. The van der Waals surface area contributed by atoms with Crippen molar-refractivity contribution in [1.29, 1.82) is 0 Å². The molecule has 32 heavy (non-hydrogen) atoms. The fourth-order valence-electron chi connectivity index (χ4n) is 3.49.